The minimum absolute atomic E-state index is 0.152. The van der Waals surface area contributed by atoms with E-state index in [-0.39, 0.29) is 11.5 Å². The Morgan fingerprint density at radius 1 is 1.58 bits per heavy atom. The van der Waals surface area contributed by atoms with Gasteiger partial charge in [-0.1, -0.05) is 0 Å². The second-order valence-electron chi connectivity index (χ2n) is 5.08. The minimum atomic E-state index is -0.182. The Morgan fingerprint density at radius 2 is 2.37 bits per heavy atom. The Morgan fingerprint density at radius 3 is 3.11 bits per heavy atom. The van der Waals surface area contributed by atoms with E-state index in [1.165, 1.54) is 5.56 Å². The first-order valence-corrected chi connectivity index (χ1v) is 6.42. The molecule has 0 amide bonds. The van der Waals surface area contributed by atoms with Crippen LogP contribution in [0.2, 0.25) is 0 Å². The number of nitriles is 1. The molecule has 0 spiro atoms. The number of rotatable bonds is 2. The van der Waals surface area contributed by atoms with Crippen molar-refractivity contribution in [2.45, 2.75) is 25.8 Å². The summed E-state index contributed by atoms with van der Waals surface area (Å²) in [7, 11) is 2.01. The normalized spacial score (nSPS) is 17.5. The first-order chi connectivity index (χ1) is 9.13. The van der Waals surface area contributed by atoms with Crippen molar-refractivity contribution in [1.29, 1.82) is 10.7 Å². The Kier molecular flexibility index (Phi) is 2.59. The highest BCUT2D eigenvalue weighted by atomic mass is 16.1. The lowest BCUT2D eigenvalue weighted by molar-refractivity contribution is -0.498. The van der Waals surface area contributed by atoms with Crippen molar-refractivity contribution < 1.29 is 9.37 Å². The van der Waals surface area contributed by atoms with Crippen LogP contribution in [-0.2, 0) is 13.0 Å². The average molecular weight is 255 g/mol. The first-order valence-electron chi connectivity index (χ1n) is 6.42. The van der Waals surface area contributed by atoms with Gasteiger partial charge in [-0.2, -0.15) is 5.26 Å². The second-order valence-corrected chi connectivity index (χ2v) is 5.08. The zero-order valence-electron chi connectivity index (χ0n) is 10.9. The molecule has 1 aliphatic carbocycles. The topological polar surface area (TPSA) is 72.7 Å². The number of aryl methyl sites for hydroxylation is 1. The van der Waals surface area contributed by atoms with Gasteiger partial charge in [0.1, 0.15) is 19.3 Å². The fourth-order valence-electron chi connectivity index (χ4n) is 2.94. The molecular formula is C14H15N4O+. The Bertz CT molecular complexity index is 672. The van der Waals surface area contributed by atoms with E-state index in [1.54, 1.807) is 0 Å². The molecule has 0 saturated heterocycles. The van der Waals surface area contributed by atoms with Crippen LogP contribution in [0.15, 0.2) is 6.20 Å². The molecule has 0 fully saturated rings. The molecule has 0 unspecified atom stereocenters. The number of hydrogen-bond acceptors (Lipinski definition) is 3. The van der Waals surface area contributed by atoms with Crippen LogP contribution >= 0.6 is 0 Å². The zero-order valence-corrected chi connectivity index (χ0v) is 10.9. The summed E-state index contributed by atoms with van der Waals surface area (Å²) in [5, 5.41) is 16.6. The average Bonchev–Trinajstić information content (AvgIpc) is 2.76. The van der Waals surface area contributed by atoms with Crippen LogP contribution in [0.5, 0.6) is 0 Å². The van der Waals surface area contributed by atoms with Crippen LogP contribution in [-0.4, -0.2) is 39.9 Å². The Hall–Kier alpha value is -2.22. The SMILES string of the molecule is C[N+]1=C2CC(=N)C(=O)c3c2c(cn3CCC#N)CC1. The molecule has 3 rings (SSSR count). The molecule has 1 aliphatic heterocycles. The van der Waals surface area contributed by atoms with Crippen LogP contribution in [0, 0.1) is 16.7 Å². The monoisotopic (exact) mass is 255 g/mol. The minimum Gasteiger partial charge on any atom is -0.343 e. The highest BCUT2D eigenvalue weighted by molar-refractivity contribution is 6.51. The molecular weight excluding hydrogens is 240 g/mol. The maximum atomic E-state index is 12.2. The third-order valence-corrected chi connectivity index (χ3v) is 3.92. The molecule has 96 valence electrons. The number of carbonyl (C=O) groups is 1. The number of ketones is 1. The zero-order chi connectivity index (χ0) is 13.6. The molecule has 2 heterocycles. The standard InChI is InChI=1S/C14H15N4O/c1-17-6-3-9-8-18(5-2-4-15)13-12(9)11(17)7-10(16)14(13)19/h8,16H,2-3,5-7H2,1H3/q+1. The van der Waals surface area contributed by atoms with E-state index in [0.717, 1.165) is 24.2 Å². The molecule has 0 radical (unpaired) electrons. The molecule has 19 heavy (non-hydrogen) atoms. The fourth-order valence-corrected chi connectivity index (χ4v) is 2.94. The third kappa shape index (κ3) is 1.64. The van der Waals surface area contributed by atoms with Crippen LogP contribution in [0.1, 0.15) is 34.5 Å². The van der Waals surface area contributed by atoms with E-state index in [4.69, 9.17) is 10.7 Å². The molecule has 0 bridgehead atoms. The van der Waals surface area contributed by atoms with Crippen LogP contribution in [0.3, 0.4) is 0 Å². The molecule has 5 nitrogen and oxygen atoms in total. The van der Waals surface area contributed by atoms with Crippen LogP contribution < -0.4 is 0 Å². The number of hydrogen-bond donors (Lipinski definition) is 1. The van der Waals surface area contributed by atoms with E-state index in [9.17, 15) is 4.79 Å². The van der Waals surface area contributed by atoms with Crippen LogP contribution in [0.25, 0.3) is 0 Å². The quantitative estimate of drug-likeness (QED) is 0.800. The summed E-state index contributed by atoms with van der Waals surface area (Å²) in [6.07, 6.45) is 3.72. The summed E-state index contributed by atoms with van der Waals surface area (Å²) < 4.78 is 4.00. The summed E-state index contributed by atoms with van der Waals surface area (Å²) in [5.41, 5.74) is 4.05. The number of likely N-dealkylation sites (N-methyl/N-ethyl adjacent to an activating group) is 1. The maximum absolute atomic E-state index is 12.2. The molecule has 0 saturated carbocycles. The van der Waals surface area contributed by atoms with Gasteiger partial charge in [-0.3, -0.25) is 4.79 Å². The van der Waals surface area contributed by atoms with E-state index < -0.39 is 0 Å². The summed E-state index contributed by atoms with van der Waals surface area (Å²) in [4.78, 5) is 12.2. The number of aromatic nitrogens is 1. The fraction of sp³-hybridized carbons (Fsp3) is 0.429. The van der Waals surface area contributed by atoms with Gasteiger partial charge in [-0.05, 0) is 5.56 Å². The van der Waals surface area contributed by atoms with E-state index in [2.05, 4.69) is 10.6 Å². The molecule has 1 N–H and O–H groups in total. The second kappa shape index (κ2) is 4.16. The van der Waals surface area contributed by atoms with Gasteiger partial charge in [0.15, 0.2) is 5.71 Å². The Labute approximate surface area is 111 Å². The largest absolute Gasteiger partial charge is 0.343 e. The van der Waals surface area contributed by atoms with Crippen molar-refractivity contribution in [2.24, 2.45) is 0 Å². The smallest absolute Gasteiger partial charge is 0.224 e. The van der Waals surface area contributed by atoms with Gasteiger partial charge in [0.25, 0.3) is 0 Å². The molecule has 5 heteroatoms. The van der Waals surface area contributed by atoms with E-state index in [0.29, 0.717) is 25.1 Å². The van der Waals surface area contributed by atoms with Crippen molar-refractivity contribution in [3.05, 3.63) is 23.0 Å². The van der Waals surface area contributed by atoms with Gasteiger partial charge < -0.3 is 9.98 Å². The van der Waals surface area contributed by atoms with Crippen molar-refractivity contribution in [1.82, 2.24) is 4.57 Å². The lowest BCUT2D eigenvalue weighted by Gasteiger charge is -2.19. The van der Waals surface area contributed by atoms with Crippen molar-refractivity contribution in [3.63, 3.8) is 0 Å². The molecule has 0 aromatic carbocycles. The Balaban J connectivity index is 2.21. The van der Waals surface area contributed by atoms with Crippen LogP contribution in [0.4, 0.5) is 0 Å². The number of nitrogens with zero attached hydrogens (tertiary/aromatic N) is 3. The van der Waals surface area contributed by atoms with E-state index >= 15 is 0 Å². The number of Topliss-reactive ketones (excluding diaryl/α,β-unsaturated/α-hetero) is 1. The molecule has 0 atom stereocenters. The van der Waals surface area contributed by atoms with E-state index in [1.807, 2.05) is 17.8 Å². The van der Waals surface area contributed by atoms with Crippen molar-refractivity contribution in [2.75, 3.05) is 13.6 Å². The van der Waals surface area contributed by atoms with Crippen molar-refractivity contribution >= 4 is 17.2 Å². The first kappa shape index (κ1) is 11.8. The lowest BCUT2D eigenvalue weighted by Crippen LogP contribution is -2.36. The molecule has 1 aromatic heterocycles. The maximum Gasteiger partial charge on any atom is 0.224 e. The van der Waals surface area contributed by atoms with Gasteiger partial charge in [-0.15, -0.1) is 0 Å². The summed E-state index contributed by atoms with van der Waals surface area (Å²) in [6.45, 7) is 1.44. The number of nitrogens with one attached hydrogen (secondary N) is 1. The predicted octanol–water partition coefficient (Wildman–Crippen LogP) is 0.995. The third-order valence-electron chi connectivity index (χ3n) is 3.92. The summed E-state index contributed by atoms with van der Waals surface area (Å²) in [6, 6.07) is 2.11. The van der Waals surface area contributed by atoms with Crippen molar-refractivity contribution in [3.8, 4) is 6.07 Å². The van der Waals surface area contributed by atoms with Gasteiger partial charge in [-0.25, -0.2) is 4.58 Å². The molecule has 1 aromatic rings. The highest BCUT2D eigenvalue weighted by Gasteiger charge is 2.38. The summed E-state index contributed by atoms with van der Waals surface area (Å²) >= 11 is 0. The highest BCUT2D eigenvalue weighted by Crippen LogP contribution is 2.28. The predicted molar refractivity (Wildman–Crippen MR) is 70.2 cm³/mol. The summed E-state index contributed by atoms with van der Waals surface area (Å²) in [5.74, 6) is -0.182. The van der Waals surface area contributed by atoms with Gasteiger partial charge in [0.2, 0.25) is 5.78 Å². The van der Waals surface area contributed by atoms with Gasteiger partial charge >= 0.3 is 0 Å². The molecule has 2 aliphatic rings. The van der Waals surface area contributed by atoms with Gasteiger partial charge in [0, 0.05) is 19.2 Å². The number of carbonyl (C=O) groups excluding carboxylic acids is 1. The lowest BCUT2D eigenvalue weighted by atomic mass is 9.87. The van der Waals surface area contributed by atoms with Gasteiger partial charge in [0.05, 0.1) is 30.2 Å².